The second-order valence-electron chi connectivity index (χ2n) is 5.70. The van der Waals surface area contributed by atoms with E-state index in [4.69, 9.17) is 9.47 Å². The molecule has 0 aromatic rings. The van der Waals surface area contributed by atoms with Crippen LogP contribution in [0.4, 0.5) is 0 Å². The molecule has 108 valence electrons. The van der Waals surface area contributed by atoms with Gasteiger partial charge in [0.15, 0.2) is 0 Å². The van der Waals surface area contributed by atoms with E-state index < -0.39 is 0 Å². The average Bonchev–Trinajstić information content (AvgIpc) is 2.90. The van der Waals surface area contributed by atoms with Crippen molar-refractivity contribution in [3.8, 4) is 6.07 Å². The zero-order valence-electron chi connectivity index (χ0n) is 12.2. The van der Waals surface area contributed by atoms with Crippen LogP contribution in [0.5, 0.6) is 0 Å². The van der Waals surface area contributed by atoms with Crippen LogP contribution in [0.25, 0.3) is 0 Å². The minimum absolute atomic E-state index is 0.151. The average molecular weight is 267 g/mol. The molecular weight excluding hydrogens is 242 g/mol. The first-order chi connectivity index (χ1) is 9.18. The van der Waals surface area contributed by atoms with E-state index in [-0.39, 0.29) is 17.7 Å². The fraction of sp³-hybridized carbons (Fsp3) is 0.929. The molecule has 0 radical (unpaired) electrons. The molecule has 0 amide bonds. The van der Waals surface area contributed by atoms with Gasteiger partial charge in [-0.3, -0.25) is 4.90 Å². The number of nitrogens with zero attached hydrogens (tertiary/aromatic N) is 2. The first-order valence-electron chi connectivity index (χ1n) is 7.08. The summed E-state index contributed by atoms with van der Waals surface area (Å²) in [5, 5.41) is 12.6. The Morgan fingerprint density at radius 3 is 2.37 bits per heavy atom. The number of ether oxygens (including phenoxy) is 2. The fourth-order valence-corrected chi connectivity index (χ4v) is 3.46. The van der Waals surface area contributed by atoms with Crippen molar-refractivity contribution in [2.24, 2.45) is 0 Å². The van der Waals surface area contributed by atoms with Gasteiger partial charge < -0.3 is 14.8 Å². The highest BCUT2D eigenvalue weighted by Gasteiger charge is 2.42. The van der Waals surface area contributed by atoms with E-state index >= 15 is 0 Å². The van der Waals surface area contributed by atoms with E-state index in [1.54, 1.807) is 14.2 Å². The second-order valence-corrected chi connectivity index (χ2v) is 5.70. The van der Waals surface area contributed by atoms with Gasteiger partial charge >= 0.3 is 0 Å². The molecule has 2 rings (SSSR count). The van der Waals surface area contributed by atoms with Gasteiger partial charge in [-0.2, -0.15) is 5.26 Å². The molecular formula is C14H25N3O2. The van der Waals surface area contributed by atoms with Crippen LogP contribution in [-0.4, -0.2) is 63.0 Å². The molecule has 1 aliphatic heterocycles. The van der Waals surface area contributed by atoms with Crippen LogP contribution in [-0.2, 0) is 9.47 Å². The minimum atomic E-state index is -0.351. The van der Waals surface area contributed by atoms with Gasteiger partial charge in [0.1, 0.15) is 5.54 Å². The summed E-state index contributed by atoms with van der Waals surface area (Å²) in [4.78, 5) is 2.44. The van der Waals surface area contributed by atoms with Gasteiger partial charge in [0.05, 0.1) is 18.3 Å². The summed E-state index contributed by atoms with van der Waals surface area (Å²) in [6.45, 7) is 1.82. The predicted molar refractivity (Wildman–Crippen MR) is 72.8 cm³/mol. The lowest BCUT2D eigenvalue weighted by Crippen LogP contribution is -2.51. The molecule has 0 aromatic heterocycles. The van der Waals surface area contributed by atoms with E-state index in [1.165, 1.54) is 0 Å². The lowest BCUT2D eigenvalue weighted by Gasteiger charge is -2.39. The first kappa shape index (κ1) is 14.7. The largest absolute Gasteiger partial charge is 0.377 e. The molecule has 2 aliphatic rings. The van der Waals surface area contributed by atoms with E-state index in [0.29, 0.717) is 6.04 Å². The number of nitriles is 1. The summed E-state index contributed by atoms with van der Waals surface area (Å²) in [5.74, 6) is 0. The Bertz CT molecular complexity index is 332. The molecule has 5 nitrogen and oxygen atoms in total. The van der Waals surface area contributed by atoms with Crippen molar-refractivity contribution in [1.82, 2.24) is 10.2 Å². The highest BCUT2D eigenvalue weighted by atomic mass is 16.5. The van der Waals surface area contributed by atoms with Crippen LogP contribution in [0.1, 0.15) is 25.7 Å². The van der Waals surface area contributed by atoms with Gasteiger partial charge in [-0.05, 0) is 32.7 Å². The summed E-state index contributed by atoms with van der Waals surface area (Å²) in [6.07, 6.45) is 4.41. The van der Waals surface area contributed by atoms with Crippen LogP contribution in [0.3, 0.4) is 0 Å². The molecule has 1 saturated carbocycles. The normalized spacial score (nSPS) is 40.2. The van der Waals surface area contributed by atoms with Gasteiger partial charge in [0, 0.05) is 33.4 Å². The number of hydrogen-bond donors (Lipinski definition) is 1. The summed E-state index contributed by atoms with van der Waals surface area (Å²) in [5.41, 5.74) is -0.351. The van der Waals surface area contributed by atoms with Crippen LogP contribution >= 0.6 is 0 Å². The Labute approximate surface area is 115 Å². The number of rotatable bonds is 4. The van der Waals surface area contributed by atoms with Crippen LogP contribution < -0.4 is 5.32 Å². The minimum Gasteiger partial charge on any atom is -0.377 e. The zero-order valence-corrected chi connectivity index (χ0v) is 12.2. The molecule has 4 unspecified atom stereocenters. The van der Waals surface area contributed by atoms with Crippen LogP contribution in [0.15, 0.2) is 0 Å². The molecule has 1 aliphatic carbocycles. The van der Waals surface area contributed by atoms with Crippen molar-refractivity contribution in [2.75, 3.05) is 34.4 Å². The predicted octanol–water partition coefficient (Wildman–Crippen LogP) is 0.756. The summed E-state index contributed by atoms with van der Waals surface area (Å²) in [6, 6.07) is 2.93. The maximum absolute atomic E-state index is 9.42. The standard InChI is InChI=1S/C14H25N3O2/c1-16-14(10-15)6-4-5-11(7-14)17-8-12(18-2)13(9-17)19-3/h11-13,16H,4-9H2,1-3H3. The van der Waals surface area contributed by atoms with Gasteiger partial charge in [0.2, 0.25) is 0 Å². The Hall–Kier alpha value is -0.670. The Balaban J connectivity index is 2.01. The highest BCUT2D eigenvalue weighted by molar-refractivity contribution is 5.11. The smallest absolute Gasteiger partial charge is 0.108 e. The summed E-state index contributed by atoms with van der Waals surface area (Å²) >= 11 is 0. The quantitative estimate of drug-likeness (QED) is 0.815. The van der Waals surface area contributed by atoms with E-state index in [2.05, 4.69) is 16.3 Å². The molecule has 1 N–H and O–H groups in total. The van der Waals surface area contributed by atoms with Gasteiger partial charge in [-0.15, -0.1) is 0 Å². The Morgan fingerprint density at radius 2 is 1.89 bits per heavy atom. The van der Waals surface area contributed by atoms with E-state index in [1.807, 2.05) is 7.05 Å². The highest BCUT2D eigenvalue weighted by Crippen LogP contribution is 2.33. The molecule has 5 heteroatoms. The zero-order chi connectivity index (χ0) is 13.9. The number of hydrogen-bond acceptors (Lipinski definition) is 5. The van der Waals surface area contributed by atoms with Crippen molar-refractivity contribution in [3.63, 3.8) is 0 Å². The number of methoxy groups -OCH3 is 2. The fourth-order valence-electron chi connectivity index (χ4n) is 3.46. The second kappa shape index (κ2) is 6.19. The molecule has 2 fully saturated rings. The lowest BCUT2D eigenvalue weighted by molar-refractivity contribution is -0.00461. The first-order valence-corrected chi connectivity index (χ1v) is 7.08. The molecule has 1 heterocycles. The molecule has 0 spiro atoms. The molecule has 0 bridgehead atoms. The van der Waals surface area contributed by atoms with Crippen molar-refractivity contribution in [1.29, 1.82) is 5.26 Å². The topological polar surface area (TPSA) is 57.5 Å². The third-order valence-electron chi connectivity index (χ3n) is 4.78. The van der Waals surface area contributed by atoms with Crippen molar-refractivity contribution >= 4 is 0 Å². The number of nitrogens with one attached hydrogen (secondary N) is 1. The molecule has 4 atom stereocenters. The van der Waals surface area contributed by atoms with Crippen molar-refractivity contribution in [2.45, 2.75) is 49.5 Å². The Kier molecular flexibility index (Phi) is 4.80. The van der Waals surface area contributed by atoms with Crippen LogP contribution in [0, 0.1) is 11.3 Å². The van der Waals surface area contributed by atoms with Gasteiger partial charge in [-0.1, -0.05) is 0 Å². The maximum atomic E-state index is 9.42. The third kappa shape index (κ3) is 2.92. The lowest BCUT2D eigenvalue weighted by atomic mass is 9.79. The van der Waals surface area contributed by atoms with Crippen molar-refractivity contribution in [3.05, 3.63) is 0 Å². The molecule has 19 heavy (non-hydrogen) atoms. The SMILES string of the molecule is CNC1(C#N)CCCC(N2CC(OC)C(OC)C2)C1. The van der Waals surface area contributed by atoms with Gasteiger partial charge in [0.25, 0.3) is 0 Å². The van der Waals surface area contributed by atoms with Crippen molar-refractivity contribution < 1.29 is 9.47 Å². The van der Waals surface area contributed by atoms with Crippen LogP contribution in [0.2, 0.25) is 0 Å². The van der Waals surface area contributed by atoms with E-state index in [9.17, 15) is 5.26 Å². The maximum Gasteiger partial charge on any atom is 0.108 e. The number of likely N-dealkylation sites (tertiary alicyclic amines) is 1. The summed E-state index contributed by atoms with van der Waals surface area (Å²) < 4.78 is 11.0. The Morgan fingerprint density at radius 1 is 1.26 bits per heavy atom. The van der Waals surface area contributed by atoms with Gasteiger partial charge in [-0.25, -0.2) is 0 Å². The monoisotopic (exact) mass is 267 g/mol. The third-order valence-corrected chi connectivity index (χ3v) is 4.78. The summed E-state index contributed by atoms with van der Waals surface area (Å²) in [7, 11) is 5.38. The molecule has 1 saturated heterocycles. The van der Waals surface area contributed by atoms with E-state index in [0.717, 1.165) is 38.8 Å². The molecule has 0 aromatic carbocycles.